The van der Waals surface area contributed by atoms with Crippen molar-refractivity contribution in [1.82, 2.24) is 10.2 Å². The third kappa shape index (κ3) is 7.24. The summed E-state index contributed by atoms with van der Waals surface area (Å²) in [6.07, 6.45) is 0.380. The first kappa shape index (κ1) is 25.6. The first-order chi connectivity index (χ1) is 16.9. The van der Waals surface area contributed by atoms with Crippen molar-refractivity contribution in [3.05, 3.63) is 89.5 Å². The highest BCUT2D eigenvalue weighted by molar-refractivity contribution is 5.88. The lowest BCUT2D eigenvalue weighted by molar-refractivity contribution is -0.142. The summed E-state index contributed by atoms with van der Waals surface area (Å²) in [5, 5.41) is 2.72. The van der Waals surface area contributed by atoms with Gasteiger partial charge in [-0.05, 0) is 18.1 Å². The number of hydrogen-bond donors (Lipinski definition) is 1. The monoisotopic (exact) mass is 476 g/mol. The predicted octanol–water partition coefficient (Wildman–Crippen LogP) is 3.78. The summed E-state index contributed by atoms with van der Waals surface area (Å²) in [5.74, 6) is 0.992. The smallest absolute Gasteiger partial charge is 0.261 e. The first-order valence-corrected chi connectivity index (χ1v) is 11.4. The number of hydrogen-bond acceptors (Lipinski definition) is 5. The molecule has 0 heterocycles. The molecule has 0 unspecified atom stereocenters. The molecule has 2 amide bonds. The van der Waals surface area contributed by atoms with Gasteiger partial charge in [-0.15, -0.1) is 0 Å². The maximum atomic E-state index is 13.5. The van der Waals surface area contributed by atoms with Crippen LogP contribution in [0.2, 0.25) is 0 Å². The molecule has 7 heteroatoms. The lowest BCUT2D eigenvalue weighted by Crippen LogP contribution is -2.51. The summed E-state index contributed by atoms with van der Waals surface area (Å²) in [4.78, 5) is 28.1. The van der Waals surface area contributed by atoms with Gasteiger partial charge in [0.1, 0.15) is 23.3 Å². The Balaban J connectivity index is 1.88. The maximum absolute atomic E-state index is 13.5. The molecule has 3 aromatic rings. The van der Waals surface area contributed by atoms with Crippen LogP contribution in [0.3, 0.4) is 0 Å². The molecule has 0 bridgehead atoms. The molecule has 1 N–H and O–H groups in total. The Kier molecular flexibility index (Phi) is 9.12. The van der Waals surface area contributed by atoms with Gasteiger partial charge in [0.2, 0.25) is 5.91 Å². The van der Waals surface area contributed by atoms with Crippen molar-refractivity contribution in [3.63, 3.8) is 0 Å². The molecule has 0 aliphatic rings. The van der Waals surface area contributed by atoms with Crippen LogP contribution >= 0.6 is 0 Å². The van der Waals surface area contributed by atoms with Crippen molar-refractivity contribution in [1.29, 1.82) is 0 Å². The molecule has 1 atom stereocenters. The number of ether oxygens (including phenoxy) is 3. The molecule has 35 heavy (non-hydrogen) atoms. The van der Waals surface area contributed by atoms with Gasteiger partial charge in [0.05, 0.1) is 14.2 Å². The summed E-state index contributed by atoms with van der Waals surface area (Å²) in [6.45, 7) is 2.02. The van der Waals surface area contributed by atoms with E-state index >= 15 is 0 Å². The van der Waals surface area contributed by atoms with Gasteiger partial charge in [0.25, 0.3) is 5.91 Å². The largest absolute Gasteiger partial charge is 0.496 e. The van der Waals surface area contributed by atoms with E-state index in [2.05, 4.69) is 5.32 Å². The number of carbonyl (C=O) groups is 2. The summed E-state index contributed by atoms with van der Waals surface area (Å²) in [6, 6.07) is 21.9. The molecule has 0 saturated heterocycles. The average molecular weight is 477 g/mol. The van der Waals surface area contributed by atoms with Crippen LogP contribution in [0.15, 0.2) is 72.8 Å². The minimum Gasteiger partial charge on any atom is -0.496 e. The Hall–Kier alpha value is -4.00. The predicted molar refractivity (Wildman–Crippen MR) is 135 cm³/mol. The van der Waals surface area contributed by atoms with Gasteiger partial charge in [-0.1, -0.05) is 60.2 Å². The Morgan fingerprint density at radius 2 is 1.49 bits per heavy atom. The molecule has 3 aromatic carbocycles. The number of aryl methyl sites for hydroxylation is 1. The number of likely N-dealkylation sites (N-methyl/N-ethyl adjacent to an activating group) is 1. The fourth-order valence-electron chi connectivity index (χ4n) is 3.82. The van der Waals surface area contributed by atoms with Gasteiger partial charge in [0, 0.05) is 38.2 Å². The molecule has 0 aromatic heterocycles. The number of nitrogens with zero attached hydrogens (tertiary/aromatic N) is 1. The number of benzene rings is 3. The number of rotatable bonds is 11. The van der Waals surface area contributed by atoms with Gasteiger partial charge in [-0.3, -0.25) is 9.59 Å². The Labute approximate surface area is 206 Å². The van der Waals surface area contributed by atoms with Gasteiger partial charge in [-0.25, -0.2) is 0 Å². The molecule has 0 radical (unpaired) electrons. The van der Waals surface area contributed by atoms with Crippen LogP contribution in [0.5, 0.6) is 17.2 Å². The van der Waals surface area contributed by atoms with Crippen molar-refractivity contribution in [2.45, 2.75) is 25.9 Å². The van der Waals surface area contributed by atoms with Crippen LogP contribution in [0, 0.1) is 6.92 Å². The minimum absolute atomic E-state index is 0.238. The third-order valence-corrected chi connectivity index (χ3v) is 5.64. The van der Waals surface area contributed by atoms with E-state index in [1.165, 1.54) is 0 Å². The minimum atomic E-state index is -0.709. The molecule has 0 aliphatic carbocycles. The maximum Gasteiger partial charge on any atom is 0.261 e. The summed E-state index contributed by atoms with van der Waals surface area (Å²) in [5.41, 5.74) is 2.97. The molecular weight excluding hydrogens is 444 g/mol. The van der Waals surface area contributed by atoms with E-state index in [4.69, 9.17) is 14.2 Å². The van der Waals surface area contributed by atoms with E-state index in [-0.39, 0.29) is 25.0 Å². The average Bonchev–Trinajstić information content (AvgIpc) is 2.89. The lowest BCUT2D eigenvalue weighted by Gasteiger charge is -2.31. The second kappa shape index (κ2) is 12.5. The van der Waals surface area contributed by atoms with Crippen LogP contribution in [0.25, 0.3) is 0 Å². The second-order valence-corrected chi connectivity index (χ2v) is 8.17. The van der Waals surface area contributed by atoms with E-state index in [1.54, 1.807) is 44.4 Å². The SMILES string of the molecule is CNC(=O)[C@@H](Cc1ccccc1)N(Cc1cccc(C)c1)C(=O)COc1cc(OC)cc(OC)c1. The van der Waals surface area contributed by atoms with Crippen molar-refractivity contribution in [3.8, 4) is 17.2 Å². The lowest BCUT2D eigenvalue weighted by atomic mass is 10.0. The zero-order valence-corrected chi connectivity index (χ0v) is 20.6. The molecule has 3 rings (SSSR count). The summed E-state index contributed by atoms with van der Waals surface area (Å²) in [7, 11) is 4.67. The number of nitrogens with one attached hydrogen (secondary N) is 1. The van der Waals surface area contributed by atoms with Crippen molar-refractivity contribution >= 4 is 11.8 Å². The van der Waals surface area contributed by atoms with Crippen molar-refractivity contribution in [2.24, 2.45) is 0 Å². The molecular formula is C28H32N2O5. The zero-order chi connectivity index (χ0) is 25.2. The van der Waals surface area contributed by atoms with Crippen molar-refractivity contribution < 1.29 is 23.8 Å². The van der Waals surface area contributed by atoms with Crippen LogP contribution in [-0.2, 0) is 22.6 Å². The Bertz CT molecular complexity index is 1110. The molecule has 0 fully saturated rings. The zero-order valence-electron chi connectivity index (χ0n) is 20.6. The molecule has 0 spiro atoms. The summed E-state index contributed by atoms with van der Waals surface area (Å²) < 4.78 is 16.4. The van der Waals surface area contributed by atoms with E-state index in [0.717, 1.165) is 16.7 Å². The highest BCUT2D eigenvalue weighted by atomic mass is 16.5. The van der Waals surface area contributed by atoms with Gasteiger partial charge in [0.15, 0.2) is 6.61 Å². The highest BCUT2D eigenvalue weighted by Crippen LogP contribution is 2.27. The van der Waals surface area contributed by atoms with Gasteiger partial charge >= 0.3 is 0 Å². The Morgan fingerprint density at radius 1 is 0.857 bits per heavy atom. The highest BCUT2D eigenvalue weighted by Gasteiger charge is 2.30. The van der Waals surface area contributed by atoms with Gasteiger partial charge < -0.3 is 24.4 Å². The third-order valence-electron chi connectivity index (χ3n) is 5.64. The molecule has 184 valence electrons. The molecule has 0 aliphatic heterocycles. The fourth-order valence-corrected chi connectivity index (χ4v) is 3.82. The van der Waals surface area contributed by atoms with Crippen LogP contribution in [0.4, 0.5) is 0 Å². The topological polar surface area (TPSA) is 77.1 Å². The number of amides is 2. The number of carbonyl (C=O) groups excluding carboxylic acids is 2. The molecule has 0 saturated carbocycles. The first-order valence-electron chi connectivity index (χ1n) is 11.4. The standard InChI is InChI=1S/C28H32N2O5/c1-20-9-8-12-22(13-20)18-30(26(28(32)29-2)14-21-10-6-5-7-11-21)27(31)19-35-25-16-23(33-3)15-24(17-25)34-4/h5-13,15-17,26H,14,18-19H2,1-4H3,(H,29,32)/t26-/m1/s1. The van der Waals surface area contributed by atoms with E-state index in [1.807, 2.05) is 61.5 Å². The van der Waals surface area contributed by atoms with E-state index < -0.39 is 6.04 Å². The summed E-state index contributed by atoms with van der Waals surface area (Å²) >= 11 is 0. The second-order valence-electron chi connectivity index (χ2n) is 8.17. The van der Waals surface area contributed by atoms with Crippen molar-refractivity contribution in [2.75, 3.05) is 27.9 Å². The van der Waals surface area contributed by atoms with Crippen LogP contribution < -0.4 is 19.5 Å². The van der Waals surface area contributed by atoms with E-state index in [9.17, 15) is 9.59 Å². The van der Waals surface area contributed by atoms with Gasteiger partial charge in [-0.2, -0.15) is 0 Å². The molecule has 7 nitrogen and oxygen atoms in total. The van der Waals surface area contributed by atoms with E-state index in [0.29, 0.717) is 23.7 Å². The quantitative estimate of drug-likeness (QED) is 0.456. The van der Waals surface area contributed by atoms with Crippen LogP contribution in [0.1, 0.15) is 16.7 Å². The Morgan fingerprint density at radius 3 is 2.09 bits per heavy atom. The normalized spacial score (nSPS) is 11.3. The van der Waals surface area contributed by atoms with Crippen LogP contribution in [-0.4, -0.2) is 50.6 Å². The fraction of sp³-hybridized carbons (Fsp3) is 0.286. The number of methoxy groups -OCH3 is 2.